The number of aliphatic hydroxyl groups excluding tert-OH is 1. The Morgan fingerprint density at radius 3 is 2.69 bits per heavy atom. The van der Waals surface area contributed by atoms with Gasteiger partial charge in [-0.25, -0.2) is 13.6 Å². The second-order valence-electron chi connectivity index (χ2n) is 7.34. The molecule has 1 saturated heterocycles. The Hall–Kier alpha value is -3.21. The zero-order chi connectivity index (χ0) is 23.2. The van der Waals surface area contributed by atoms with Crippen LogP contribution in [0.15, 0.2) is 29.2 Å². The van der Waals surface area contributed by atoms with E-state index in [9.17, 15) is 28.6 Å². The zero-order valence-electron chi connectivity index (χ0n) is 16.5. The van der Waals surface area contributed by atoms with Crippen LogP contribution in [0.4, 0.5) is 14.5 Å². The van der Waals surface area contributed by atoms with Crippen LogP contribution in [0.1, 0.15) is 22.3 Å². The molecule has 1 unspecified atom stereocenters. The lowest BCUT2D eigenvalue weighted by Gasteiger charge is -2.20. The molecule has 11 heteroatoms. The summed E-state index contributed by atoms with van der Waals surface area (Å²) in [6.45, 7) is 0.527. The van der Waals surface area contributed by atoms with Gasteiger partial charge in [0.25, 0.3) is 0 Å². The molecule has 5 N–H and O–H groups in total. The minimum absolute atomic E-state index is 0.0424. The van der Waals surface area contributed by atoms with Crippen LogP contribution in [-0.2, 0) is 6.61 Å². The van der Waals surface area contributed by atoms with Gasteiger partial charge in [-0.1, -0.05) is 11.6 Å². The van der Waals surface area contributed by atoms with E-state index in [0.29, 0.717) is 19.5 Å². The molecule has 1 aliphatic heterocycles. The maximum absolute atomic E-state index is 14.9. The molecular formula is C21H18ClF2N3O5. The number of rotatable bonds is 5. The number of fused-ring (bicyclic) bond motifs is 1. The molecule has 1 fully saturated rings. The summed E-state index contributed by atoms with van der Waals surface area (Å²) in [7, 11) is 0. The third-order valence-corrected chi connectivity index (χ3v) is 5.65. The van der Waals surface area contributed by atoms with Gasteiger partial charge < -0.3 is 30.6 Å². The molecule has 0 spiro atoms. The van der Waals surface area contributed by atoms with E-state index in [1.54, 1.807) is 0 Å². The maximum atomic E-state index is 14.9. The number of hydrogen-bond donors (Lipinski definition) is 4. The Balaban J connectivity index is 2.09. The van der Waals surface area contributed by atoms with E-state index < -0.39 is 35.2 Å². The first-order valence-electron chi connectivity index (χ1n) is 9.60. The van der Waals surface area contributed by atoms with E-state index in [4.69, 9.17) is 22.1 Å². The third-order valence-electron chi connectivity index (χ3n) is 5.30. The quantitative estimate of drug-likeness (QED) is 0.426. The van der Waals surface area contributed by atoms with Gasteiger partial charge in [-0.3, -0.25) is 4.79 Å². The topological polar surface area (TPSA) is 127 Å². The van der Waals surface area contributed by atoms with Gasteiger partial charge >= 0.3 is 5.97 Å². The molecule has 1 atom stereocenters. The van der Waals surface area contributed by atoms with Crippen LogP contribution in [-0.4, -0.2) is 39.9 Å². The number of aromatic nitrogens is 1. The van der Waals surface area contributed by atoms with Gasteiger partial charge in [0.05, 0.1) is 28.9 Å². The Bertz CT molecular complexity index is 1310. The number of nitrogens with zero attached hydrogens (tertiary/aromatic N) is 1. The molecule has 8 nitrogen and oxygen atoms in total. The molecule has 0 radical (unpaired) electrons. The van der Waals surface area contributed by atoms with Crippen molar-refractivity contribution in [3.63, 3.8) is 0 Å². The largest absolute Gasteiger partial charge is 0.484 e. The molecule has 2 heterocycles. The number of nitrogens with one attached hydrogen (secondary N) is 1. The zero-order valence-corrected chi connectivity index (χ0v) is 17.2. The number of pyridine rings is 1. The highest BCUT2D eigenvalue weighted by Crippen LogP contribution is 2.38. The number of anilines is 1. The normalized spacial score (nSPS) is 15.9. The Kier molecular flexibility index (Phi) is 5.76. The van der Waals surface area contributed by atoms with E-state index in [1.807, 2.05) is 0 Å². The minimum Gasteiger partial charge on any atom is -0.484 e. The van der Waals surface area contributed by atoms with Crippen LogP contribution in [0.25, 0.3) is 16.6 Å². The summed E-state index contributed by atoms with van der Waals surface area (Å²) in [5, 5.41) is 21.7. The van der Waals surface area contributed by atoms with Crippen molar-refractivity contribution in [3.05, 3.63) is 62.4 Å². The number of benzene rings is 2. The van der Waals surface area contributed by atoms with Gasteiger partial charge in [-0.15, -0.1) is 0 Å². The summed E-state index contributed by atoms with van der Waals surface area (Å²) in [6, 6.07) is 3.00. The smallest absolute Gasteiger partial charge is 0.341 e. The summed E-state index contributed by atoms with van der Waals surface area (Å²) in [6.07, 6.45) is 1.23. The number of carbonyl (C=O) groups is 1. The third kappa shape index (κ3) is 3.66. The van der Waals surface area contributed by atoms with Crippen LogP contribution in [0, 0.1) is 11.6 Å². The SMILES string of the molecule is Nc1cc(-n2cc(C(=O)O)c(=O)c3cc(F)c(OC4CCNC4)c(Cl)c32)c(CO)cc1F. The van der Waals surface area contributed by atoms with Crippen molar-refractivity contribution in [2.75, 3.05) is 18.8 Å². The molecule has 2 aromatic carbocycles. The number of aromatic carboxylic acids is 1. The standard InChI is InChI=1S/C21H18ClF2N3O5/c22-17-18-11(4-14(24)20(17)32-10-1-2-26-6-10)19(29)12(21(30)31)7-27(18)16-5-15(25)13(23)3-9(16)8-28/h3-5,7,10,26,28H,1-2,6,8,25H2,(H,30,31). The van der Waals surface area contributed by atoms with Crippen molar-refractivity contribution >= 4 is 34.2 Å². The van der Waals surface area contributed by atoms with Gasteiger partial charge in [0, 0.05) is 18.3 Å². The number of hydrogen-bond acceptors (Lipinski definition) is 6. The monoisotopic (exact) mass is 465 g/mol. The first kappa shape index (κ1) is 22.0. The van der Waals surface area contributed by atoms with Crippen LogP contribution < -0.4 is 21.2 Å². The molecule has 4 rings (SSSR count). The van der Waals surface area contributed by atoms with E-state index in [-0.39, 0.29) is 44.7 Å². The molecule has 1 aromatic heterocycles. The van der Waals surface area contributed by atoms with Gasteiger partial charge in [0.1, 0.15) is 22.5 Å². The van der Waals surface area contributed by atoms with Gasteiger partial charge in [-0.05, 0) is 31.2 Å². The minimum atomic E-state index is -1.56. The molecule has 0 aliphatic carbocycles. The predicted molar refractivity (Wildman–Crippen MR) is 114 cm³/mol. The molecule has 0 saturated carbocycles. The van der Waals surface area contributed by atoms with Gasteiger partial charge in [-0.2, -0.15) is 0 Å². The summed E-state index contributed by atoms with van der Waals surface area (Å²) in [5.41, 5.74) is 3.81. The fraction of sp³-hybridized carbons (Fsp3) is 0.238. The average Bonchev–Trinajstić information content (AvgIpc) is 3.26. The van der Waals surface area contributed by atoms with E-state index >= 15 is 0 Å². The lowest BCUT2D eigenvalue weighted by atomic mass is 10.1. The number of aliphatic hydroxyl groups is 1. The first-order valence-corrected chi connectivity index (χ1v) is 9.97. The predicted octanol–water partition coefficient (Wildman–Crippen LogP) is 2.44. The van der Waals surface area contributed by atoms with Crippen molar-refractivity contribution in [2.24, 2.45) is 0 Å². The number of carboxylic acid groups (broad SMARTS) is 1. The second-order valence-corrected chi connectivity index (χ2v) is 7.72. The fourth-order valence-electron chi connectivity index (χ4n) is 3.71. The van der Waals surface area contributed by atoms with E-state index in [2.05, 4.69) is 5.32 Å². The first-order chi connectivity index (χ1) is 15.2. The fourth-order valence-corrected chi connectivity index (χ4v) is 4.04. The highest BCUT2D eigenvalue weighted by molar-refractivity contribution is 6.36. The molecule has 3 aromatic rings. The molecule has 1 aliphatic rings. The van der Waals surface area contributed by atoms with Crippen molar-refractivity contribution in [2.45, 2.75) is 19.1 Å². The van der Waals surface area contributed by atoms with Crippen LogP contribution >= 0.6 is 11.6 Å². The highest BCUT2D eigenvalue weighted by Gasteiger charge is 2.26. The van der Waals surface area contributed by atoms with Gasteiger partial charge in [0.2, 0.25) is 5.43 Å². The summed E-state index contributed by atoms with van der Waals surface area (Å²) < 4.78 is 35.8. The number of ether oxygens (including phenoxy) is 1. The van der Waals surface area contributed by atoms with Crippen molar-refractivity contribution in [1.82, 2.24) is 9.88 Å². The highest BCUT2D eigenvalue weighted by atomic mass is 35.5. The van der Waals surface area contributed by atoms with Crippen LogP contribution in [0.5, 0.6) is 5.75 Å². The summed E-state index contributed by atoms with van der Waals surface area (Å²) >= 11 is 6.49. The number of nitrogens with two attached hydrogens (primary N) is 1. The van der Waals surface area contributed by atoms with Crippen molar-refractivity contribution < 1.29 is 28.5 Å². The Morgan fingerprint density at radius 1 is 1.31 bits per heavy atom. The second kappa shape index (κ2) is 8.38. The number of carboxylic acids is 1. The molecule has 0 bridgehead atoms. The lowest BCUT2D eigenvalue weighted by Crippen LogP contribution is -2.22. The van der Waals surface area contributed by atoms with Crippen LogP contribution in [0.2, 0.25) is 5.02 Å². The van der Waals surface area contributed by atoms with E-state index in [0.717, 1.165) is 24.4 Å². The van der Waals surface area contributed by atoms with Crippen LogP contribution in [0.3, 0.4) is 0 Å². The molecule has 32 heavy (non-hydrogen) atoms. The van der Waals surface area contributed by atoms with Gasteiger partial charge in [0.15, 0.2) is 11.6 Å². The number of halogens is 3. The molecule has 168 valence electrons. The Labute approximate surface area is 184 Å². The molecule has 0 amide bonds. The molecular weight excluding hydrogens is 448 g/mol. The summed E-state index contributed by atoms with van der Waals surface area (Å²) in [5.74, 6) is -3.58. The van der Waals surface area contributed by atoms with Crippen molar-refractivity contribution in [1.29, 1.82) is 0 Å². The van der Waals surface area contributed by atoms with E-state index in [1.165, 1.54) is 4.57 Å². The Morgan fingerprint density at radius 2 is 2.06 bits per heavy atom. The summed E-state index contributed by atoms with van der Waals surface area (Å²) in [4.78, 5) is 24.5. The maximum Gasteiger partial charge on any atom is 0.341 e. The number of nitrogen functional groups attached to an aromatic ring is 1. The lowest BCUT2D eigenvalue weighted by molar-refractivity contribution is 0.0695. The van der Waals surface area contributed by atoms with Crippen molar-refractivity contribution in [3.8, 4) is 11.4 Å². The average molecular weight is 466 g/mol.